The van der Waals surface area contributed by atoms with E-state index in [1.54, 1.807) is 24.3 Å². The van der Waals surface area contributed by atoms with Crippen LogP contribution in [0.5, 0.6) is 11.5 Å². The van der Waals surface area contributed by atoms with E-state index in [0.717, 1.165) is 5.56 Å². The van der Waals surface area contributed by atoms with Gasteiger partial charge in [-0.3, -0.25) is 14.3 Å². The summed E-state index contributed by atoms with van der Waals surface area (Å²) in [5.74, 6) is 0.914. The van der Waals surface area contributed by atoms with Crippen LogP contribution < -0.4 is 15.0 Å². The number of halogens is 2. The number of aromatic amines is 1. The molecule has 32 heavy (non-hydrogen) atoms. The number of ether oxygens (including phenoxy) is 2. The first kappa shape index (κ1) is 21.6. The molecule has 0 aliphatic heterocycles. The Kier molecular flexibility index (Phi) is 5.75. The maximum absolute atomic E-state index is 14.1. The van der Waals surface area contributed by atoms with Gasteiger partial charge in [0.2, 0.25) is 0 Å². The summed E-state index contributed by atoms with van der Waals surface area (Å²) in [5.41, 5.74) is 1.21. The van der Waals surface area contributed by atoms with Crippen molar-refractivity contribution in [3.63, 3.8) is 0 Å². The van der Waals surface area contributed by atoms with Crippen LogP contribution in [0, 0.1) is 11.7 Å². The number of aryl methyl sites for hydroxylation is 1. The number of rotatable bonds is 5. The lowest BCUT2D eigenvalue weighted by Gasteiger charge is -2.15. The van der Waals surface area contributed by atoms with E-state index < -0.39 is 17.5 Å². The van der Waals surface area contributed by atoms with Crippen LogP contribution >= 0.6 is 12.2 Å². The van der Waals surface area contributed by atoms with Gasteiger partial charge in [0.05, 0.1) is 31.0 Å². The number of fused-ring (bicyclic) bond motifs is 1. The van der Waals surface area contributed by atoms with E-state index in [1.807, 2.05) is 25.1 Å². The highest BCUT2D eigenvalue weighted by molar-refractivity contribution is 7.71. The van der Waals surface area contributed by atoms with Crippen molar-refractivity contribution in [2.24, 2.45) is 0 Å². The Bertz CT molecular complexity index is 1450. The average molecular weight is 455 g/mol. The maximum atomic E-state index is 14.1. The zero-order chi connectivity index (χ0) is 23.0. The predicted molar refractivity (Wildman–Crippen MR) is 121 cm³/mol. The third kappa shape index (κ3) is 3.75. The van der Waals surface area contributed by atoms with E-state index in [1.165, 1.54) is 24.9 Å². The lowest BCUT2D eigenvalue weighted by Crippen LogP contribution is -2.17. The van der Waals surface area contributed by atoms with Gasteiger partial charge in [0.1, 0.15) is 0 Å². The lowest BCUT2D eigenvalue weighted by molar-refractivity contribution is 0.153. The lowest BCUT2D eigenvalue weighted by atomic mass is 10.1. The number of hydrogen-bond donors (Lipinski definition) is 1. The highest BCUT2D eigenvalue weighted by Gasteiger charge is 2.21. The first-order valence-corrected chi connectivity index (χ1v) is 10.0. The summed E-state index contributed by atoms with van der Waals surface area (Å²) in [4.78, 5) is 19.8. The molecule has 6 nitrogen and oxygen atoms in total. The Morgan fingerprint density at radius 2 is 1.81 bits per heavy atom. The number of methoxy groups -OCH3 is 2. The van der Waals surface area contributed by atoms with Crippen LogP contribution in [-0.2, 0) is 0 Å². The second kappa shape index (κ2) is 8.51. The van der Waals surface area contributed by atoms with Crippen molar-refractivity contribution in [3.05, 3.63) is 74.8 Å². The Morgan fingerprint density at radius 3 is 2.47 bits per heavy atom. The van der Waals surface area contributed by atoms with Crippen LogP contribution in [0.2, 0.25) is 0 Å². The van der Waals surface area contributed by atoms with Gasteiger partial charge >= 0.3 is 0 Å². The number of alkyl halides is 2. The van der Waals surface area contributed by atoms with Crippen molar-refractivity contribution in [1.29, 1.82) is 0 Å². The number of H-pyrrole nitrogens is 1. The number of pyridine rings is 1. The van der Waals surface area contributed by atoms with Crippen LogP contribution in [0.25, 0.3) is 28.0 Å². The molecule has 4 rings (SSSR count). The highest BCUT2D eigenvalue weighted by atomic mass is 32.1. The highest BCUT2D eigenvalue weighted by Crippen LogP contribution is 2.35. The van der Waals surface area contributed by atoms with E-state index in [4.69, 9.17) is 21.7 Å². The minimum absolute atomic E-state index is 0.0481. The van der Waals surface area contributed by atoms with Crippen molar-refractivity contribution >= 4 is 23.3 Å². The van der Waals surface area contributed by atoms with Gasteiger partial charge in [-0.25, -0.2) is 13.8 Å². The van der Waals surface area contributed by atoms with Gasteiger partial charge in [0.15, 0.2) is 21.9 Å². The molecule has 0 aliphatic carbocycles. The van der Waals surface area contributed by atoms with E-state index >= 15 is 0 Å². The molecule has 0 amide bonds. The number of hydrogen-bond acceptors (Lipinski definition) is 5. The fraction of sp³-hybridized carbons (Fsp3) is 0.174. The Labute approximate surface area is 187 Å². The molecular formula is C23H19F2N3O3S. The summed E-state index contributed by atoms with van der Waals surface area (Å²) in [6, 6.07) is 13.5. The van der Waals surface area contributed by atoms with Crippen LogP contribution in [0.4, 0.5) is 8.78 Å². The molecular weight excluding hydrogens is 436 g/mol. The summed E-state index contributed by atoms with van der Waals surface area (Å²) < 4.78 is 40.3. The molecule has 2 aromatic heterocycles. The van der Waals surface area contributed by atoms with Crippen molar-refractivity contribution in [1.82, 2.24) is 14.5 Å². The first-order chi connectivity index (χ1) is 15.3. The molecule has 0 aliphatic rings. The second-order valence-electron chi connectivity index (χ2n) is 7.10. The molecule has 0 saturated carbocycles. The molecule has 0 fully saturated rings. The zero-order valence-electron chi connectivity index (χ0n) is 17.5. The normalized spacial score (nSPS) is 11.2. The van der Waals surface area contributed by atoms with Gasteiger partial charge in [-0.1, -0.05) is 12.1 Å². The van der Waals surface area contributed by atoms with Gasteiger partial charge in [-0.15, -0.1) is 0 Å². The predicted octanol–water partition coefficient (Wildman–Crippen LogP) is 5.37. The molecule has 1 N–H and O–H groups in total. The fourth-order valence-corrected chi connectivity index (χ4v) is 3.86. The van der Waals surface area contributed by atoms with Gasteiger partial charge < -0.3 is 9.47 Å². The summed E-state index contributed by atoms with van der Waals surface area (Å²) in [6.45, 7) is 1.90. The molecule has 2 aromatic carbocycles. The molecule has 2 heterocycles. The minimum atomic E-state index is -2.90. The molecule has 0 atom stereocenters. The Morgan fingerprint density at radius 1 is 1.06 bits per heavy atom. The van der Waals surface area contributed by atoms with Crippen molar-refractivity contribution < 1.29 is 18.3 Å². The van der Waals surface area contributed by atoms with E-state index in [9.17, 15) is 13.6 Å². The minimum Gasteiger partial charge on any atom is -0.493 e. The average Bonchev–Trinajstić information content (AvgIpc) is 2.77. The van der Waals surface area contributed by atoms with E-state index in [2.05, 4.69) is 9.97 Å². The molecule has 0 spiro atoms. The Balaban J connectivity index is 2.11. The maximum Gasteiger partial charge on any atom is 0.264 e. The smallest absolute Gasteiger partial charge is 0.264 e. The summed E-state index contributed by atoms with van der Waals surface area (Å²) in [7, 11) is 2.98. The monoisotopic (exact) mass is 455 g/mol. The first-order valence-electron chi connectivity index (χ1n) is 9.61. The zero-order valence-corrected chi connectivity index (χ0v) is 18.3. The van der Waals surface area contributed by atoms with Crippen molar-refractivity contribution in [3.8, 4) is 28.4 Å². The van der Waals surface area contributed by atoms with Crippen LogP contribution in [0.3, 0.4) is 0 Å². The van der Waals surface area contributed by atoms with Gasteiger partial charge in [-0.05, 0) is 61.1 Å². The quantitative estimate of drug-likeness (QED) is 0.410. The summed E-state index contributed by atoms with van der Waals surface area (Å²) >= 11 is 5.38. The van der Waals surface area contributed by atoms with Crippen molar-refractivity contribution in [2.45, 2.75) is 13.3 Å². The largest absolute Gasteiger partial charge is 0.493 e. The molecule has 0 radical (unpaired) electrons. The Hall–Kier alpha value is -3.59. The molecule has 4 aromatic rings. The second-order valence-corrected chi connectivity index (χ2v) is 7.49. The molecule has 0 bridgehead atoms. The number of nitrogens with zero attached hydrogens (tertiary/aromatic N) is 2. The number of aromatic nitrogens is 3. The molecule has 0 saturated heterocycles. The summed E-state index contributed by atoms with van der Waals surface area (Å²) in [6.07, 6.45) is -2.90. The van der Waals surface area contributed by atoms with Gasteiger partial charge in [-0.2, -0.15) is 0 Å². The van der Waals surface area contributed by atoms with Crippen molar-refractivity contribution in [2.75, 3.05) is 14.2 Å². The standard InChI is InChI=1S/C23H19F2N3O3S/c1-12-5-4-6-14(9-12)28-21-19(22(29)27-23(28)32)15(20(24)25)11-16(26-21)13-7-8-17(30-2)18(10-13)31-3/h4-11,20H,1-3H3,(H,27,29,32). The topological polar surface area (TPSA) is 69.1 Å². The van der Waals surface area contributed by atoms with Crippen LogP contribution in [-0.4, -0.2) is 28.8 Å². The third-order valence-corrected chi connectivity index (χ3v) is 5.35. The van der Waals surface area contributed by atoms with E-state index in [0.29, 0.717) is 22.7 Å². The molecule has 164 valence electrons. The van der Waals surface area contributed by atoms with Crippen LogP contribution in [0.15, 0.2) is 53.3 Å². The SMILES string of the molecule is COc1ccc(-c2cc(C(F)F)c3c(=O)[nH]c(=S)n(-c4cccc(C)c4)c3n2)cc1OC. The molecule has 0 unspecified atom stereocenters. The van der Waals surface area contributed by atoms with E-state index in [-0.39, 0.29) is 21.5 Å². The van der Waals surface area contributed by atoms with Gasteiger partial charge in [0, 0.05) is 11.1 Å². The fourth-order valence-electron chi connectivity index (χ4n) is 3.58. The summed E-state index contributed by atoms with van der Waals surface area (Å²) in [5, 5.41) is -0.209. The third-order valence-electron chi connectivity index (χ3n) is 5.07. The number of nitrogens with one attached hydrogen (secondary N) is 1. The number of benzene rings is 2. The van der Waals surface area contributed by atoms with Crippen LogP contribution in [0.1, 0.15) is 17.6 Å². The molecule has 9 heteroatoms. The van der Waals surface area contributed by atoms with Gasteiger partial charge in [0.25, 0.3) is 12.0 Å².